The molecule has 2 amide bonds. The summed E-state index contributed by atoms with van der Waals surface area (Å²) in [6.45, 7) is 0. The van der Waals surface area contributed by atoms with E-state index in [2.05, 4.69) is 22.1 Å². The van der Waals surface area contributed by atoms with Crippen LogP contribution in [0.15, 0.2) is 122 Å². The SMILES string of the molecule is N#Cc1ccncc1-c1cccc2c3cccc(-c4cnccc4C#N)c3n(-c3cccc4c3C(=O)N(c3ccccc3)C4=O)c12. The van der Waals surface area contributed by atoms with Gasteiger partial charge in [-0.05, 0) is 36.4 Å². The van der Waals surface area contributed by atoms with Gasteiger partial charge in [0.25, 0.3) is 11.8 Å². The lowest BCUT2D eigenvalue weighted by molar-refractivity contribution is 0.0926. The zero-order valence-electron chi connectivity index (χ0n) is 24.0. The standard InChI is InChI=1S/C38H20N6O2/c39-19-23-15-17-41-21-31(23)28-11-4-9-26-27-10-5-12-29(32-22-42-18-16-24(32)20-40)36(27)44(35(26)28)33-14-6-13-30-34(33)38(46)43(37(30)45)25-7-2-1-3-8-25/h1-18,21-22H. The maximum Gasteiger partial charge on any atom is 0.268 e. The predicted molar refractivity (Wildman–Crippen MR) is 174 cm³/mol. The van der Waals surface area contributed by atoms with Gasteiger partial charge in [-0.25, -0.2) is 4.90 Å². The highest BCUT2D eigenvalue weighted by Gasteiger charge is 2.39. The minimum Gasteiger partial charge on any atom is -0.307 e. The first-order valence-electron chi connectivity index (χ1n) is 14.4. The molecule has 0 N–H and O–H groups in total. The molecule has 8 heteroatoms. The summed E-state index contributed by atoms with van der Waals surface area (Å²) in [6.07, 6.45) is 6.47. The van der Waals surface area contributed by atoms with Gasteiger partial charge in [-0.3, -0.25) is 19.6 Å². The van der Waals surface area contributed by atoms with E-state index in [0.29, 0.717) is 33.6 Å². The first kappa shape index (κ1) is 26.7. The van der Waals surface area contributed by atoms with Gasteiger partial charge in [-0.1, -0.05) is 60.7 Å². The maximum atomic E-state index is 14.3. The molecule has 0 atom stereocenters. The van der Waals surface area contributed by atoms with Crippen molar-refractivity contribution >= 4 is 39.3 Å². The third-order valence-electron chi connectivity index (χ3n) is 8.42. The monoisotopic (exact) mass is 592 g/mol. The topological polar surface area (TPSA) is 116 Å². The van der Waals surface area contributed by atoms with Gasteiger partial charge in [0.05, 0.1) is 56.8 Å². The number of pyridine rings is 2. The number of carbonyl (C=O) groups excluding carboxylic acids is 2. The van der Waals surface area contributed by atoms with Crippen molar-refractivity contribution in [1.82, 2.24) is 14.5 Å². The molecule has 1 aliphatic heterocycles. The molecule has 0 spiro atoms. The molecule has 214 valence electrons. The highest BCUT2D eigenvalue weighted by Crippen LogP contribution is 2.44. The summed E-state index contributed by atoms with van der Waals surface area (Å²) in [5, 5.41) is 21.8. The molecule has 4 heterocycles. The van der Waals surface area contributed by atoms with Gasteiger partial charge in [-0.2, -0.15) is 10.5 Å². The summed E-state index contributed by atoms with van der Waals surface area (Å²) < 4.78 is 1.98. The Morgan fingerprint density at radius 1 is 0.543 bits per heavy atom. The quantitative estimate of drug-likeness (QED) is 0.196. The molecular formula is C38H20N6O2. The molecule has 0 aliphatic carbocycles. The van der Waals surface area contributed by atoms with Gasteiger partial charge in [0, 0.05) is 57.8 Å². The van der Waals surface area contributed by atoms with Crippen molar-refractivity contribution in [3.05, 3.63) is 144 Å². The number of nitriles is 2. The van der Waals surface area contributed by atoms with Crippen molar-refractivity contribution in [2.75, 3.05) is 4.90 Å². The fourth-order valence-corrected chi connectivity index (χ4v) is 6.47. The maximum absolute atomic E-state index is 14.3. The zero-order chi connectivity index (χ0) is 31.4. The number of hydrogen-bond donors (Lipinski definition) is 0. The van der Waals surface area contributed by atoms with E-state index in [1.54, 1.807) is 73.3 Å². The minimum atomic E-state index is -0.440. The normalized spacial score (nSPS) is 12.3. The molecule has 3 aromatic heterocycles. The highest BCUT2D eigenvalue weighted by molar-refractivity contribution is 6.36. The zero-order valence-corrected chi connectivity index (χ0v) is 24.0. The van der Waals surface area contributed by atoms with Crippen LogP contribution in [0.3, 0.4) is 0 Å². The third-order valence-corrected chi connectivity index (χ3v) is 8.42. The van der Waals surface area contributed by atoms with Crippen molar-refractivity contribution in [2.24, 2.45) is 0 Å². The molecule has 8 rings (SSSR count). The number of para-hydroxylation sites is 3. The first-order valence-corrected chi connectivity index (χ1v) is 14.4. The molecule has 7 aromatic rings. The van der Waals surface area contributed by atoms with Gasteiger partial charge in [-0.15, -0.1) is 0 Å². The van der Waals surface area contributed by atoms with E-state index in [-0.39, 0.29) is 11.1 Å². The first-order chi connectivity index (χ1) is 22.6. The lowest BCUT2D eigenvalue weighted by Gasteiger charge is -2.17. The number of amides is 2. The smallest absolute Gasteiger partial charge is 0.268 e. The summed E-state index contributed by atoms with van der Waals surface area (Å²) >= 11 is 0. The third kappa shape index (κ3) is 3.78. The molecule has 8 nitrogen and oxygen atoms in total. The van der Waals surface area contributed by atoms with Crippen LogP contribution in [0.5, 0.6) is 0 Å². The Bertz CT molecular complexity index is 2390. The molecule has 4 aromatic carbocycles. The van der Waals surface area contributed by atoms with Crippen LogP contribution in [-0.4, -0.2) is 26.3 Å². The second kappa shape index (κ2) is 10.4. The van der Waals surface area contributed by atoms with Gasteiger partial charge in [0.2, 0.25) is 0 Å². The van der Waals surface area contributed by atoms with Crippen LogP contribution in [0, 0.1) is 22.7 Å². The summed E-state index contributed by atoms with van der Waals surface area (Å²) in [4.78, 5) is 38.0. The molecule has 1 aliphatic rings. The highest BCUT2D eigenvalue weighted by atomic mass is 16.2. The Labute approximate surface area is 262 Å². The minimum absolute atomic E-state index is 0.262. The van der Waals surface area contributed by atoms with Crippen LogP contribution in [-0.2, 0) is 0 Å². The van der Waals surface area contributed by atoms with E-state index in [9.17, 15) is 20.1 Å². The molecule has 46 heavy (non-hydrogen) atoms. The number of nitrogens with zero attached hydrogens (tertiary/aromatic N) is 6. The van der Waals surface area contributed by atoms with E-state index in [1.807, 2.05) is 53.1 Å². The molecule has 0 saturated heterocycles. The Kier molecular flexibility index (Phi) is 6.02. The Hall–Kier alpha value is -6.90. The molecule has 0 fully saturated rings. The lowest BCUT2D eigenvalue weighted by Crippen LogP contribution is -2.29. The van der Waals surface area contributed by atoms with Crippen LogP contribution in [0.2, 0.25) is 0 Å². The van der Waals surface area contributed by atoms with Crippen molar-refractivity contribution in [1.29, 1.82) is 10.5 Å². The van der Waals surface area contributed by atoms with Crippen LogP contribution in [0.4, 0.5) is 5.69 Å². The predicted octanol–water partition coefficient (Wildman–Crippen LogP) is 7.45. The van der Waals surface area contributed by atoms with Crippen molar-refractivity contribution in [3.63, 3.8) is 0 Å². The van der Waals surface area contributed by atoms with Gasteiger partial charge >= 0.3 is 0 Å². The number of imide groups is 1. The number of benzene rings is 4. The average Bonchev–Trinajstić information content (AvgIpc) is 3.59. The number of carbonyl (C=O) groups is 2. The summed E-state index contributed by atoms with van der Waals surface area (Å²) in [6, 6.07) is 33.7. The molecule has 0 unspecified atom stereocenters. The summed E-state index contributed by atoms with van der Waals surface area (Å²) in [7, 11) is 0. The van der Waals surface area contributed by atoms with Gasteiger partial charge in [0.1, 0.15) is 0 Å². The number of anilines is 1. The van der Waals surface area contributed by atoms with E-state index in [0.717, 1.165) is 32.9 Å². The Balaban J connectivity index is 1.54. The number of fused-ring (bicyclic) bond motifs is 4. The van der Waals surface area contributed by atoms with Crippen molar-refractivity contribution < 1.29 is 9.59 Å². The second-order valence-corrected chi connectivity index (χ2v) is 10.8. The van der Waals surface area contributed by atoms with Crippen LogP contribution >= 0.6 is 0 Å². The average molecular weight is 593 g/mol. The van der Waals surface area contributed by atoms with E-state index in [1.165, 1.54) is 4.90 Å². The van der Waals surface area contributed by atoms with E-state index >= 15 is 0 Å². The molecular weight excluding hydrogens is 572 g/mol. The van der Waals surface area contributed by atoms with Crippen LogP contribution < -0.4 is 4.90 Å². The van der Waals surface area contributed by atoms with Gasteiger partial charge < -0.3 is 4.57 Å². The van der Waals surface area contributed by atoms with E-state index < -0.39 is 11.8 Å². The fourth-order valence-electron chi connectivity index (χ4n) is 6.47. The Morgan fingerprint density at radius 3 is 1.65 bits per heavy atom. The van der Waals surface area contributed by atoms with Crippen LogP contribution in [0.1, 0.15) is 31.8 Å². The molecule has 0 saturated carbocycles. The number of rotatable bonds is 4. The molecule has 0 bridgehead atoms. The van der Waals surface area contributed by atoms with E-state index in [4.69, 9.17) is 0 Å². The fraction of sp³-hybridized carbons (Fsp3) is 0. The lowest BCUT2D eigenvalue weighted by atomic mass is 9.98. The van der Waals surface area contributed by atoms with Crippen LogP contribution in [0.25, 0.3) is 49.7 Å². The summed E-state index contributed by atoms with van der Waals surface area (Å²) in [5.41, 5.74) is 6.57. The summed E-state index contributed by atoms with van der Waals surface area (Å²) in [5.74, 6) is -0.850. The van der Waals surface area contributed by atoms with Gasteiger partial charge in [0.15, 0.2) is 0 Å². The molecule has 0 radical (unpaired) electrons. The largest absolute Gasteiger partial charge is 0.307 e. The van der Waals surface area contributed by atoms with Crippen molar-refractivity contribution in [2.45, 2.75) is 0 Å². The Morgan fingerprint density at radius 2 is 1.09 bits per heavy atom. The van der Waals surface area contributed by atoms with Crippen molar-refractivity contribution in [3.8, 4) is 40.1 Å². The number of hydrogen-bond acceptors (Lipinski definition) is 6. The number of aromatic nitrogens is 3. The second-order valence-electron chi connectivity index (χ2n) is 10.8.